The van der Waals surface area contributed by atoms with Crippen molar-refractivity contribution in [1.82, 2.24) is 19.9 Å². The van der Waals surface area contributed by atoms with Crippen LogP contribution in [0.4, 0.5) is 0 Å². The van der Waals surface area contributed by atoms with Crippen molar-refractivity contribution in [2.24, 2.45) is 5.10 Å². The molecule has 124 valence electrons. The Bertz CT molecular complexity index is 1150. The molecule has 2 heterocycles. The fourth-order valence-electron chi connectivity index (χ4n) is 2.79. The van der Waals surface area contributed by atoms with Gasteiger partial charge in [0.05, 0.1) is 6.21 Å². The maximum absolute atomic E-state index is 6.08. The number of hydrogen-bond donors (Lipinski definition) is 2. The van der Waals surface area contributed by atoms with E-state index < -0.39 is 0 Å². The van der Waals surface area contributed by atoms with Gasteiger partial charge in [-0.25, -0.2) is 5.10 Å². The average molecular weight is 368 g/mol. The Balaban J connectivity index is 1.81. The molecule has 0 amide bonds. The Kier molecular flexibility index (Phi) is 3.99. The van der Waals surface area contributed by atoms with Gasteiger partial charge in [0, 0.05) is 32.7 Å². The van der Waals surface area contributed by atoms with Gasteiger partial charge in [0.15, 0.2) is 5.82 Å². The minimum Gasteiger partial charge on any atom is -0.358 e. The van der Waals surface area contributed by atoms with Crippen LogP contribution in [0.2, 0.25) is 5.02 Å². The summed E-state index contributed by atoms with van der Waals surface area (Å²) in [6, 6.07) is 15.5. The predicted octanol–water partition coefficient (Wildman–Crippen LogP) is 4.93. The normalized spacial score (nSPS) is 11.6. The van der Waals surface area contributed by atoms with Crippen molar-refractivity contribution in [3.8, 4) is 11.4 Å². The standard InChI is InChI=1S/C18H14ClN5S/c1-11-15(14-7-2-3-8-16(14)21-11)10-20-24-17(22-23-18(24)25)12-5-4-6-13(19)9-12/h2-10,21H,1H3,(H,23,25)/b20-10-. The molecule has 0 radical (unpaired) electrons. The van der Waals surface area contributed by atoms with Crippen molar-refractivity contribution in [3.63, 3.8) is 0 Å². The van der Waals surface area contributed by atoms with Gasteiger partial charge in [-0.3, -0.25) is 0 Å². The third kappa shape index (κ3) is 2.90. The number of halogens is 1. The lowest BCUT2D eigenvalue weighted by atomic mass is 10.1. The third-order valence-electron chi connectivity index (χ3n) is 3.98. The zero-order valence-corrected chi connectivity index (χ0v) is 14.9. The van der Waals surface area contributed by atoms with Gasteiger partial charge < -0.3 is 4.98 Å². The molecule has 4 rings (SSSR count). The van der Waals surface area contributed by atoms with E-state index >= 15 is 0 Å². The molecule has 0 aliphatic heterocycles. The van der Waals surface area contributed by atoms with Gasteiger partial charge in [-0.2, -0.15) is 14.9 Å². The summed E-state index contributed by atoms with van der Waals surface area (Å²) in [6.45, 7) is 2.02. The zero-order valence-electron chi connectivity index (χ0n) is 13.3. The molecule has 0 saturated carbocycles. The molecule has 0 spiro atoms. The second-order valence-electron chi connectivity index (χ2n) is 5.63. The Labute approximate surface area is 154 Å². The fourth-order valence-corrected chi connectivity index (χ4v) is 3.16. The highest BCUT2D eigenvalue weighted by molar-refractivity contribution is 7.71. The minimum absolute atomic E-state index is 0.420. The van der Waals surface area contributed by atoms with Gasteiger partial charge in [0.25, 0.3) is 0 Å². The zero-order chi connectivity index (χ0) is 17.4. The Morgan fingerprint density at radius 3 is 2.88 bits per heavy atom. The van der Waals surface area contributed by atoms with Crippen molar-refractivity contribution in [2.75, 3.05) is 0 Å². The molecule has 4 aromatic rings. The highest BCUT2D eigenvalue weighted by atomic mass is 35.5. The van der Waals surface area contributed by atoms with Crippen molar-refractivity contribution < 1.29 is 0 Å². The van der Waals surface area contributed by atoms with E-state index in [1.807, 2.05) is 49.4 Å². The first kappa shape index (κ1) is 15.8. The Hall–Kier alpha value is -2.70. The summed E-state index contributed by atoms with van der Waals surface area (Å²) < 4.78 is 2.02. The molecular weight excluding hydrogens is 354 g/mol. The smallest absolute Gasteiger partial charge is 0.216 e. The molecule has 0 aliphatic rings. The summed E-state index contributed by atoms with van der Waals surface area (Å²) in [4.78, 5) is 3.36. The van der Waals surface area contributed by atoms with Crippen LogP contribution in [-0.4, -0.2) is 26.1 Å². The highest BCUT2D eigenvalue weighted by Crippen LogP contribution is 2.22. The van der Waals surface area contributed by atoms with E-state index in [0.717, 1.165) is 27.7 Å². The molecule has 2 N–H and O–H groups in total. The molecular formula is C18H14ClN5S. The van der Waals surface area contributed by atoms with Crippen LogP contribution in [0.25, 0.3) is 22.3 Å². The number of aromatic nitrogens is 4. The van der Waals surface area contributed by atoms with Crippen LogP contribution in [0.5, 0.6) is 0 Å². The lowest BCUT2D eigenvalue weighted by molar-refractivity contribution is 0.871. The number of aryl methyl sites for hydroxylation is 1. The lowest BCUT2D eigenvalue weighted by Gasteiger charge is -2.01. The summed E-state index contributed by atoms with van der Waals surface area (Å²) in [7, 11) is 0. The number of para-hydroxylation sites is 1. The quantitative estimate of drug-likeness (QED) is 0.398. The summed E-state index contributed by atoms with van der Waals surface area (Å²) in [6.07, 6.45) is 1.80. The molecule has 0 atom stereocenters. The number of fused-ring (bicyclic) bond motifs is 1. The molecule has 2 aromatic heterocycles. The number of nitrogens with one attached hydrogen (secondary N) is 2. The molecule has 25 heavy (non-hydrogen) atoms. The number of aromatic amines is 2. The highest BCUT2D eigenvalue weighted by Gasteiger charge is 2.10. The maximum Gasteiger partial charge on any atom is 0.216 e. The first-order chi connectivity index (χ1) is 12.1. The van der Waals surface area contributed by atoms with E-state index in [1.54, 1.807) is 10.9 Å². The van der Waals surface area contributed by atoms with Gasteiger partial charge in [-0.15, -0.1) is 0 Å². The van der Waals surface area contributed by atoms with Crippen LogP contribution in [-0.2, 0) is 0 Å². The molecule has 0 aliphatic carbocycles. The van der Waals surface area contributed by atoms with Crippen molar-refractivity contribution in [3.05, 3.63) is 69.6 Å². The maximum atomic E-state index is 6.08. The van der Waals surface area contributed by atoms with E-state index in [0.29, 0.717) is 15.6 Å². The van der Waals surface area contributed by atoms with Gasteiger partial charge in [-0.1, -0.05) is 41.9 Å². The fraction of sp³-hybridized carbons (Fsp3) is 0.0556. The van der Waals surface area contributed by atoms with Crippen LogP contribution >= 0.6 is 23.8 Å². The van der Waals surface area contributed by atoms with E-state index in [9.17, 15) is 0 Å². The first-order valence-corrected chi connectivity index (χ1v) is 8.47. The average Bonchev–Trinajstić information content (AvgIpc) is 3.12. The topological polar surface area (TPSA) is 61.8 Å². The predicted molar refractivity (Wildman–Crippen MR) is 104 cm³/mol. The van der Waals surface area contributed by atoms with Crippen LogP contribution in [0.1, 0.15) is 11.3 Å². The Morgan fingerprint density at radius 2 is 2.04 bits per heavy atom. The van der Waals surface area contributed by atoms with Crippen LogP contribution < -0.4 is 0 Å². The van der Waals surface area contributed by atoms with Crippen molar-refractivity contribution in [2.45, 2.75) is 6.92 Å². The molecule has 5 nitrogen and oxygen atoms in total. The monoisotopic (exact) mass is 367 g/mol. The lowest BCUT2D eigenvalue weighted by Crippen LogP contribution is -1.95. The van der Waals surface area contributed by atoms with Gasteiger partial charge >= 0.3 is 0 Å². The van der Waals surface area contributed by atoms with E-state index in [2.05, 4.69) is 26.3 Å². The number of H-pyrrole nitrogens is 2. The number of rotatable bonds is 3. The molecule has 7 heteroatoms. The van der Waals surface area contributed by atoms with E-state index in [4.69, 9.17) is 23.8 Å². The number of hydrogen-bond acceptors (Lipinski definition) is 3. The largest absolute Gasteiger partial charge is 0.358 e. The van der Waals surface area contributed by atoms with E-state index in [-0.39, 0.29) is 0 Å². The molecule has 0 saturated heterocycles. The summed E-state index contributed by atoms with van der Waals surface area (Å²) in [5, 5.41) is 13.4. The van der Waals surface area contributed by atoms with E-state index in [1.165, 1.54) is 0 Å². The SMILES string of the molecule is Cc1[nH]c2ccccc2c1/C=N\n1c(-c2cccc(Cl)c2)n[nH]c1=S. The van der Waals surface area contributed by atoms with Gasteiger partial charge in [0.2, 0.25) is 4.77 Å². The summed E-state index contributed by atoms with van der Waals surface area (Å²) >= 11 is 11.4. The molecule has 0 bridgehead atoms. The van der Waals surface area contributed by atoms with Crippen LogP contribution in [0.3, 0.4) is 0 Å². The number of nitrogens with zero attached hydrogens (tertiary/aromatic N) is 3. The number of benzene rings is 2. The molecule has 2 aromatic carbocycles. The molecule has 0 unspecified atom stereocenters. The minimum atomic E-state index is 0.420. The second kappa shape index (κ2) is 6.31. The first-order valence-electron chi connectivity index (χ1n) is 7.68. The van der Waals surface area contributed by atoms with Gasteiger partial charge in [0.1, 0.15) is 0 Å². The Morgan fingerprint density at radius 1 is 1.20 bits per heavy atom. The van der Waals surface area contributed by atoms with Crippen molar-refractivity contribution in [1.29, 1.82) is 0 Å². The summed E-state index contributed by atoms with van der Waals surface area (Å²) in [5.41, 5.74) is 3.99. The van der Waals surface area contributed by atoms with Gasteiger partial charge in [-0.05, 0) is 37.3 Å². The third-order valence-corrected chi connectivity index (χ3v) is 4.48. The van der Waals surface area contributed by atoms with Crippen LogP contribution in [0.15, 0.2) is 53.6 Å². The van der Waals surface area contributed by atoms with Crippen molar-refractivity contribution >= 4 is 40.9 Å². The second-order valence-corrected chi connectivity index (χ2v) is 6.45. The summed E-state index contributed by atoms with van der Waals surface area (Å²) in [5.74, 6) is 0.612. The van der Waals surface area contributed by atoms with Crippen LogP contribution in [0, 0.1) is 11.7 Å². The molecule has 0 fully saturated rings.